The summed E-state index contributed by atoms with van der Waals surface area (Å²) in [6.45, 7) is 0. The van der Waals surface area contributed by atoms with Gasteiger partial charge in [0.25, 0.3) is 0 Å². The van der Waals surface area contributed by atoms with Crippen LogP contribution in [0.2, 0.25) is 5.02 Å². The largest absolute Gasteiger partial charge is 0.360 e. The third-order valence-corrected chi connectivity index (χ3v) is 5.00. The molecule has 1 aliphatic heterocycles. The standard InChI is InChI=1S/C14H16ClFN2S/c15-11-7-10(16)6-5-9(11)8-19-14-17-12-3-1-2-4-13(12)18-14/h5-7,12-13H,1-4,8H2,(H,17,18)/t12-,13-/m1/s1. The quantitative estimate of drug-likeness (QED) is 0.893. The van der Waals surface area contributed by atoms with Crippen molar-refractivity contribution in [2.24, 2.45) is 4.99 Å². The lowest BCUT2D eigenvalue weighted by atomic mass is 9.92. The Hall–Kier alpha value is -0.740. The molecule has 5 heteroatoms. The highest BCUT2D eigenvalue weighted by atomic mass is 35.5. The number of rotatable bonds is 2. The minimum atomic E-state index is -0.291. The molecular formula is C14H16ClFN2S. The Morgan fingerprint density at radius 1 is 1.37 bits per heavy atom. The average Bonchev–Trinajstić information content (AvgIpc) is 2.80. The molecule has 3 rings (SSSR count). The summed E-state index contributed by atoms with van der Waals surface area (Å²) in [5.41, 5.74) is 0.951. The van der Waals surface area contributed by atoms with Crippen molar-refractivity contribution in [1.82, 2.24) is 5.32 Å². The molecule has 0 amide bonds. The summed E-state index contributed by atoms with van der Waals surface area (Å²) in [7, 11) is 0. The predicted octanol–water partition coefficient (Wildman–Crippen LogP) is 3.98. The lowest BCUT2D eigenvalue weighted by Gasteiger charge is -2.23. The van der Waals surface area contributed by atoms with Gasteiger partial charge >= 0.3 is 0 Å². The first-order valence-electron chi connectivity index (χ1n) is 6.63. The van der Waals surface area contributed by atoms with Crippen LogP contribution in [-0.4, -0.2) is 17.3 Å². The summed E-state index contributed by atoms with van der Waals surface area (Å²) in [6.07, 6.45) is 4.99. The number of halogens is 2. The van der Waals surface area contributed by atoms with Crippen molar-refractivity contribution in [3.63, 3.8) is 0 Å². The minimum Gasteiger partial charge on any atom is -0.360 e. The molecule has 0 radical (unpaired) electrons. The predicted molar refractivity (Wildman–Crippen MR) is 79.3 cm³/mol. The summed E-state index contributed by atoms with van der Waals surface area (Å²) < 4.78 is 13.0. The van der Waals surface area contributed by atoms with E-state index in [1.54, 1.807) is 17.8 Å². The molecule has 0 aromatic heterocycles. The van der Waals surface area contributed by atoms with E-state index in [1.165, 1.54) is 37.8 Å². The van der Waals surface area contributed by atoms with Gasteiger partial charge in [0.2, 0.25) is 0 Å². The number of hydrogen-bond acceptors (Lipinski definition) is 3. The smallest absolute Gasteiger partial charge is 0.157 e. The third kappa shape index (κ3) is 3.06. The van der Waals surface area contributed by atoms with Crippen LogP contribution in [-0.2, 0) is 5.75 Å². The Bertz CT molecular complexity index is 506. The van der Waals surface area contributed by atoms with Crippen molar-refractivity contribution in [2.45, 2.75) is 43.5 Å². The number of benzene rings is 1. The highest BCUT2D eigenvalue weighted by molar-refractivity contribution is 8.13. The normalized spacial score (nSPS) is 25.7. The number of nitrogens with zero attached hydrogens (tertiary/aromatic N) is 1. The van der Waals surface area contributed by atoms with Crippen LogP contribution in [0.15, 0.2) is 23.2 Å². The second-order valence-corrected chi connectivity index (χ2v) is 6.43. The molecule has 1 heterocycles. The minimum absolute atomic E-state index is 0.291. The zero-order chi connectivity index (χ0) is 13.2. The van der Waals surface area contributed by atoms with Gasteiger partial charge < -0.3 is 5.32 Å². The van der Waals surface area contributed by atoms with Crippen molar-refractivity contribution in [3.05, 3.63) is 34.6 Å². The SMILES string of the molecule is Fc1ccc(CSC2=N[C@@H]3CCCC[C@H]3N2)c(Cl)c1. The molecule has 19 heavy (non-hydrogen) atoms. The van der Waals surface area contributed by atoms with Gasteiger partial charge in [-0.1, -0.05) is 42.3 Å². The van der Waals surface area contributed by atoms with E-state index in [-0.39, 0.29) is 5.82 Å². The molecule has 0 bridgehead atoms. The Labute approximate surface area is 121 Å². The molecule has 1 aromatic carbocycles. The second-order valence-electron chi connectivity index (χ2n) is 5.06. The number of aliphatic imine (C=N–C) groups is 1. The van der Waals surface area contributed by atoms with Crippen LogP contribution in [0.25, 0.3) is 0 Å². The van der Waals surface area contributed by atoms with Crippen LogP contribution in [0.5, 0.6) is 0 Å². The van der Waals surface area contributed by atoms with E-state index in [0.717, 1.165) is 16.5 Å². The molecule has 2 nitrogen and oxygen atoms in total. The Morgan fingerprint density at radius 3 is 3.00 bits per heavy atom. The van der Waals surface area contributed by atoms with Gasteiger partial charge in [-0.2, -0.15) is 0 Å². The van der Waals surface area contributed by atoms with E-state index < -0.39 is 0 Å². The number of hydrogen-bond donors (Lipinski definition) is 1. The van der Waals surface area contributed by atoms with E-state index in [1.807, 2.05) is 0 Å². The zero-order valence-corrected chi connectivity index (χ0v) is 12.1. The van der Waals surface area contributed by atoms with Gasteiger partial charge in [-0.3, -0.25) is 4.99 Å². The topological polar surface area (TPSA) is 24.4 Å². The molecule has 1 saturated carbocycles. The van der Waals surface area contributed by atoms with E-state index >= 15 is 0 Å². The van der Waals surface area contributed by atoms with E-state index in [4.69, 9.17) is 16.6 Å². The molecule has 1 fully saturated rings. The fourth-order valence-corrected chi connectivity index (χ4v) is 3.95. The maximum atomic E-state index is 13.0. The summed E-state index contributed by atoms with van der Waals surface area (Å²) in [4.78, 5) is 4.72. The number of amidine groups is 1. The van der Waals surface area contributed by atoms with Crippen LogP contribution in [0.4, 0.5) is 4.39 Å². The van der Waals surface area contributed by atoms with Crippen LogP contribution < -0.4 is 5.32 Å². The highest BCUT2D eigenvalue weighted by Gasteiger charge is 2.30. The third-order valence-electron chi connectivity index (χ3n) is 3.70. The summed E-state index contributed by atoms with van der Waals surface area (Å²) >= 11 is 7.68. The van der Waals surface area contributed by atoms with Crippen molar-refractivity contribution < 1.29 is 4.39 Å². The van der Waals surface area contributed by atoms with Gasteiger partial charge in [-0.05, 0) is 30.5 Å². The van der Waals surface area contributed by atoms with Gasteiger partial charge in [0.15, 0.2) is 5.17 Å². The Kier molecular flexibility index (Phi) is 3.99. The van der Waals surface area contributed by atoms with Crippen molar-refractivity contribution >= 4 is 28.5 Å². The summed E-state index contributed by atoms with van der Waals surface area (Å²) in [6, 6.07) is 5.54. The number of fused-ring (bicyclic) bond motifs is 1. The lowest BCUT2D eigenvalue weighted by Crippen LogP contribution is -2.36. The van der Waals surface area contributed by atoms with Gasteiger partial charge in [0.1, 0.15) is 5.82 Å². The Morgan fingerprint density at radius 2 is 2.21 bits per heavy atom. The molecule has 2 atom stereocenters. The molecule has 1 aromatic rings. The summed E-state index contributed by atoms with van der Waals surface area (Å²) in [5, 5.41) is 4.99. The van der Waals surface area contributed by atoms with Gasteiger partial charge in [0, 0.05) is 10.8 Å². The lowest BCUT2D eigenvalue weighted by molar-refractivity contribution is 0.385. The first-order chi connectivity index (χ1) is 9.22. The van der Waals surface area contributed by atoms with Crippen molar-refractivity contribution in [2.75, 3.05) is 0 Å². The van der Waals surface area contributed by atoms with E-state index in [2.05, 4.69) is 5.32 Å². The average molecular weight is 299 g/mol. The maximum absolute atomic E-state index is 13.0. The monoisotopic (exact) mass is 298 g/mol. The molecule has 0 spiro atoms. The molecular weight excluding hydrogens is 283 g/mol. The second kappa shape index (κ2) is 5.71. The molecule has 0 unspecified atom stereocenters. The van der Waals surface area contributed by atoms with Gasteiger partial charge in [-0.25, -0.2) is 4.39 Å². The molecule has 1 aliphatic carbocycles. The number of thioether (sulfide) groups is 1. The fraction of sp³-hybridized carbons (Fsp3) is 0.500. The van der Waals surface area contributed by atoms with E-state index in [0.29, 0.717) is 17.1 Å². The first-order valence-corrected chi connectivity index (χ1v) is 8.00. The Balaban J connectivity index is 1.60. The van der Waals surface area contributed by atoms with Crippen LogP contribution in [0.3, 0.4) is 0 Å². The number of nitrogens with one attached hydrogen (secondary N) is 1. The molecule has 1 N–H and O–H groups in total. The molecule has 0 saturated heterocycles. The van der Waals surface area contributed by atoms with E-state index in [9.17, 15) is 4.39 Å². The van der Waals surface area contributed by atoms with Crippen LogP contribution in [0.1, 0.15) is 31.2 Å². The first kappa shape index (κ1) is 13.3. The van der Waals surface area contributed by atoms with Crippen LogP contribution in [0, 0.1) is 5.82 Å². The maximum Gasteiger partial charge on any atom is 0.157 e. The zero-order valence-electron chi connectivity index (χ0n) is 10.5. The molecule has 2 aliphatic rings. The highest BCUT2D eigenvalue weighted by Crippen LogP contribution is 2.29. The molecule has 102 valence electrons. The van der Waals surface area contributed by atoms with Crippen molar-refractivity contribution in [3.8, 4) is 0 Å². The van der Waals surface area contributed by atoms with Gasteiger partial charge in [0.05, 0.1) is 12.1 Å². The van der Waals surface area contributed by atoms with Crippen molar-refractivity contribution in [1.29, 1.82) is 0 Å². The van der Waals surface area contributed by atoms with Crippen LogP contribution >= 0.6 is 23.4 Å². The van der Waals surface area contributed by atoms with Gasteiger partial charge in [-0.15, -0.1) is 0 Å². The fourth-order valence-electron chi connectivity index (χ4n) is 2.64. The summed E-state index contributed by atoms with van der Waals surface area (Å²) in [5.74, 6) is 0.436.